The van der Waals surface area contributed by atoms with E-state index in [9.17, 15) is 0 Å². The van der Waals surface area contributed by atoms with Crippen molar-refractivity contribution in [3.8, 4) is 67.9 Å². The number of ether oxygens (including phenoxy) is 1. The minimum Gasteiger partial charge on any atom is -0.457 e. The molecule has 2 heterocycles. The number of hydrogen-bond acceptors (Lipinski definition) is 4. The second-order valence-corrected chi connectivity index (χ2v) is 24.7. The highest BCUT2D eigenvalue weighted by molar-refractivity contribution is 5.92. The quantitative estimate of drug-likeness (QED) is 0.167. The van der Waals surface area contributed by atoms with E-state index in [1.807, 2.05) is 0 Å². The maximum absolute atomic E-state index is 6.69. The van der Waals surface area contributed by atoms with Crippen LogP contribution in [-0.2, 0) is 16.2 Å². The van der Waals surface area contributed by atoms with Crippen molar-refractivity contribution < 1.29 is 4.74 Å². The van der Waals surface area contributed by atoms with Gasteiger partial charge >= 0.3 is 0 Å². The summed E-state index contributed by atoms with van der Waals surface area (Å²) in [7, 11) is 0. The Morgan fingerprint density at radius 1 is 0.423 bits per heavy atom. The molecule has 4 nitrogen and oxygen atoms in total. The van der Waals surface area contributed by atoms with Crippen LogP contribution in [0.15, 0.2) is 164 Å². The SMILES string of the molecule is c1ccc2c(c1)Oc1ccccc1C21c2ccccc2-c2ccc(-c3ccccc3-c3nc(-c4ccc(C56CC7C8C[C@@H](C5)C[C@]7(C8)C6)cc4)nc(-c4ccc(C56CC7CC8C[C@@H](C5)CC876)cc4)n3)cc21. The molecule has 71 heavy (non-hydrogen) atoms. The van der Waals surface area contributed by atoms with E-state index in [4.69, 9.17) is 19.7 Å². The molecule has 10 aliphatic carbocycles. The zero-order valence-corrected chi connectivity index (χ0v) is 40.1. The van der Waals surface area contributed by atoms with E-state index in [0.717, 1.165) is 86.5 Å². The first-order valence-electron chi connectivity index (χ1n) is 27.1. The summed E-state index contributed by atoms with van der Waals surface area (Å²) in [6, 6.07) is 61.3. The van der Waals surface area contributed by atoms with Gasteiger partial charge in [-0.15, -0.1) is 0 Å². The van der Waals surface area contributed by atoms with Gasteiger partial charge in [-0.1, -0.05) is 146 Å². The third kappa shape index (κ3) is 4.65. The van der Waals surface area contributed by atoms with Crippen LogP contribution in [0.25, 0.3) is 56.4 Å². The van der Waals surface area contributed by atoms with E-state index in [2.05, 4.69) is 164 Å². The average Bonchev–Trinajstić information content (AvgIpc) is 4.08. The Morgan fingerprint density at radius 3 is 1.77 bits per heavy atom. The molecule has 9 fully saturated rings. The van der Waals surface area contributed by atoms with Crippen molar-refractivity contribution in [3.63, 3.8) is 0 Å². The van der Waals surface area contributed by atoms with E-state index in [1.54, 1.807) is 11.1 Å². The molecule has 1 aromatic heterocycles. The molecule has 1 aliphatic heterocycles. The Labute approximate surface area is 416 Å². The molecule has 0 amide bonds. The molecule has 7 unspecified atom stereocenters. The summed E-state index contributed by atoms with van der Waals surface area (Å²) in [5.41, 5.74) is 17.3. The van der Waals surface area contributed by atoms with Crippen molar-refractivity contribution >= 4 is 0 Å². The van der Waals surface area contributed by atoms with Gasteiger partial charge in [0.2, 0.25) is 0 Å². The zero-order chi connectivity index (χ0) is 46.1. The van der Waals surface area contributed by atoms with E-state index in [1.165, 1.54) is 104 Å². The third-order valence-corrected chi connectivity index (χ3v) is 22.1. The van der Waals surface area contributed by atoms with E-state index < -0.39 is 5.41 Å². The number of para-hydroxylation sites is 2. The van der Waals surface area contributed by atoms with E-state index >= 15 is 0 Å². The summed E-state index contributed by atoms with van der Waals surface area (Å²) in [6.07, 6.45) is 15.8. The highest BCUT2D eigenvalue weighted by atomic mass is 16.5. The number of benzene rings is 7. The lowest BCUT2D eigenvalue weighted by molar-refractivity contribution is -0.198. The second kappa shape index (κ2) is 13.1. The lowest BCUT2D eigenvalue weighted by Gasteiger charge is -2.73. The largest absolute Gasteiger partial charge is 0.457 e. The fourth-order valence-corrected chi connectivity index (χ4v) is 20.1. The normalized spacial score (nSPS) is 33.2. The van der Waals surface area contributed by atoms with Gasteiger partial charge in [0.15, 0.2) is 17.5 Å². The van der Waals surface area contributed by atoms with Gasteiger partial charge in [0.25, 0.3) is 0 Å². The Kier molecular flexibility index (Phi) is 7.18. The summed E-state index contributed by atoms with van der Waals surface area (Å²) in [5.74, 6) is 9.71. The van der Waals surface area contributed by atoms with Crippen molar-refractivity contribution in [3.05, 3.63) is 197 Å². The minimum atomic E-state index is -0.554. The van der Waals surface area contributed by atoms with Gasteiger partial charge in [0.1, 0.15) is 11.5 Å². The van der Waals surface area contributed by atoms with Crippen molar-refractivity contribution in [2.45, 2.75) is 86.9 Å². The van der Waals surface area contributed by atoms with Crippen LogP contribution in [0.1, 0.15) is 104 Å². The van der Waals surface area contributed by atoms with Gasteiger partial charge in [-0.05, 0) is 185 Å². The Morgan fingerprint density at radius 2 is 1.04 bits per heavy atom. The minimum absolute atomic E-state index is 0.343. The Balaban J connectivity index is 0.782. The van der Waals surface area contributed by atoms with E-state index in [-0.39, 0.29) is 0 Å². The van der Waals surface area contributed by atoms with Gasteiger partial charge in [-0.3, -0.25) is 0 Å². The number of nitrogens with zero attached hydrogens (tertiary/aromatic N) is 3. The predicted molar refractivity (Wildman–Crippen MR) is 279 cm³/mol. The van der Waals surface area contributed by atoms with Gasteiger partial charge in [-0.2, -0.15) is 0 Å². The first-order chi connectivity index (χ1) is 34.9. The monoisotopic (exact) mass is 917 g/mol. The number of rotatable bonds is 6. The fraction of sp³-hybridized carbons (Fsp3) is 0.328. The number of fused-ring (bicyclic) bond motifs is 11. The standard InChI is InChI=1S/C67H55N3O/c1-2-11-52(49(9-1)43-21-26-51-50-10-3-4-12-53(50)67(56(51)29-43)54-13-5-7-15-58(54)71-59-16-8-6-14-55(59)67)62-69-60(41-17-22-45(23-18-41)63-31-39-27-44-35-64(32-39,38-63)57(44)37-63)68-61(70-62)42-19-24-46(25-20-42)65-33-40-28-47-30-48(36-65)66(47,65)34-40/h1-26,29,39-40,44,47-48,57H,27-28,30-38H2/t39-,40-,44?,47?,48?,57?,63?,64-,65?,66?/m0/s1. The number of aromatic nitrogens is 3. The van der Waals surface area contributed by atoms with Gasteiger partial charge in [0, 0.05) is 33.2 Å². The third-order valence-electron chi connectivity index (χ3n) is 22.1. The molecule has 6 bridgehead atoms. The van der Waals surface area contributed by atoms with Gasteiger partial charge < -0.3 is 4.74 Å². The smallest absolute Gasteiger partial charge is 0.164 e. The molecule has 19 rings (SSSR count). The zero-order valence-electron chi connectivity index (χ0n) is 40.1. The van der Waals surface area contributed by atoms with Gasteiger partial charge in [-0.25, -0.2) is 15.0 Å². The van der Waals surface area contributed by atoms with Crippen LogP contribution in [0.5, 0.6) is 11.5 Å². The summed E-state index contributed by atoms with van der Waals surface area (Å²) < 4.78 is 6.69. The van der Waals surface area contributed by atoms with Gasteiger partial charge in [0.05, 0.1) is 5.41 Å². The lowest BCUT2D eigenvalue weighted by atomic mass is 9.31. The molecule has 4 heteroatoms. The van der Waals surface area contributed by atoms with Crippen molar-refractivity contribution in [1.82, 2.24) is 15.0 Å². The first-order valence-corrected chi connectivity index (χ1v) is 27.1. The maximum atomic E-state index is 6.69. The highest BCUT2D eigenvalue weighted by Gasteiger charge is 2.80. The Bertz CT molecular complexity index is 3600. The van der Waals surface area contributed by atoms with Crippen LogP contribution >= 0.6 is 0 Å². The summed E-state index contributed by atoms with van der Waals surface area (Å²) >= 11 is 0. The van der Waals surface area contributed by atoms with Crippen molar-refractivity contribution in [2.24, 2.45) is 46.3 Å². The number of hydrogen-bond donors (Lipinski definition) is 0. The summed E-state index contributed by atoms with van der Waals surface area (Å²) in [4.78, 5) is 16.4. The summed E-state index contributed by atoms with van der Waals surface area (Å²) in [6.45, 7) is 0. The average molecular weight is 918 g/mol. The van der Waals surface area contributed by atoms with Crippen molar-refractivity contribution in [2.75, 3.05) is 0 Å². The lowest BCUT2D eigenvalue weighted by Crippen LogP contribution is -2.68. The molecular formula is C67H55N3O. The Hall–Kier alpha value is -6.65. The molecule has 0 N–H and O–H groups in total. The molecule has 9 saturated carbocycles. The van der Waals surface area contributed by atoms with Crippen LogP contribution in [-0.4, -0.2) is 15.0 Å². The van der Waals surface area contributed by atoms with Crippen molar-refractivity contribution in [1.29, 1.82) is 0 Å². The predicted octanol–water partition coefficient (Wildman–Crippen LogP) is 15.6. The molecule has 10 atom stereocenters. The molecular weight excluding hydrogens is 863 g/mol. The molecule has 0 saturated heterocycles. The molecule has 344 valence electrons. The molecule has 0 radical (unpaired) electrons. The van der Waals surface area contributed by atoms with Crippen LogP contribution in [0.2, 0.25) is 0 Å². The van der Waals surface area contributed by atoms with Crippen LogP contribution in [0, 0.1) is 46.3 Å². The topological polar surface area (TPSA) is 47.9 Å². The fourth-order valence-electron chi connectivity index (χ4n) is 20.1. The summed E-state index contributed by atoms with van der Waals surface area (Å²) in [5, 5.41) is 0. The van der Waals surface area contributed by atoms with Crippen LogP contribution in [0.3, 0.4) is 0 Å². The van der Waals surface area contributed by atoms with Crippen LogP contribution in [0.4, 0.5) is 0 Å². The molecule has 7 aromatic carbocycles. The second-order valence-electron chi connectivity index (χ2n) is 24.7. The molecule has 3 spiro atoms. The molecule has 8 aromatic rings. The molecule has 11 aliphatic rings. The highest BCUT2D eigenvalue weighted by Crippen LogP contribution is 2.86. The maximum Gasteiger partial charge on any atom is 0.164 e. The van der Waals surface area contributed by atoms with Crippen LogP contribution < -0.4 is 4.74 Å². The first kappa shape index (κ1) is 39.0. The van der Waals surface area contributed by atoms with E-state index in [0.29, 0.717) is 27.5 Å².